The first-order valence-corrected chi connectivity index (χ1v) is 5.52. The summed E-state index contributed by atoms with van der Waals surface area (Å²) in [6.45, 7) is 0. The van der Waals surface area contributed by atoms with Crippen LogP contribution < -0.4 is 11.5 Å². The average Bonchev–Trinajstić information content (AvgIpc) is 2.56. The highest BCUT2D eigenvalue weighted by Gasteiger charge is 2.33. The van der Waals surface area contributed by atoms with E-state index in [1.54, 1.807) is 0 Å². The molecular weight excluding hydrogens is 226 g/mol. The van der Waals surface area contributed by atoms with E-state index in [0.29, 0.717) is 23.3 Å². The number of carbonyl (C=O) groups is 2. The number of thiophene rings is 1. The van der Waals surface area contributed by atoms with Gasteiger partial charge in [0, 0.05) is 0 Å². The molecule has 0 aliphatic heterocycles. The van der Waals surface area contributed by atoms with E-state index in [4.69, 9.17) is 16.7 Å². The minimum absolute atomic E-state index is 0.243. The van der Waals surface area contributed by atoms with Gasteiger partial charge in [-0.15, -0.1) is 11.3 Å². The molecule has 82 valence electrons. The Labute approximate surface area is 95.7 Å². The summed E-state index contributed by atoms with van der Waals surface area (Å²) in [5.41, 5.74) is 11.7. The molecule has 5 nitrogen and oxygen atoms in total. The third-order valence-electron chi connectivity index (χ3n) is 2.66. The molecule has 0 saturated heterocycles. The summed E-state index contributed by atoms with van der Waals surface area (Å²) < 4.78 is 0. The second kappa shape index (κ2) is 3.61. The number of nitrogens with zero attached hydrogens (tertiary/aromatic N) is 1. The lowest BCUT2D eigenvalue weighted by Gasteiger charge is -2.14. The van der Waals surface area contributed by atoms with Gasteiger partial charge in [0.2, 0.25) is 0 Å². The molecule has 1 unspecified atom stereocenters. The minimum Gasteiger partial charge on any atom is -0.390 e. The topological polar surface area (TPSA) is 110 Å². The number of Topliss-reactive ketones (excluding diaryl/α,β-unsaturated/α-hetero) is 1. The Morgan fingerprint density at radius 2 is 2.25 bits per heavy atom. The molecule has 0 fully saturated rings. The van der Waals surface area contributed by atoms with Crippen LogP contribution in [0, 0.1) is 17.2 Å². The lowest BCUT2D eigenvalue weighted by atomic mass is 9.87. The molecule has 0 bridgehead atoms. The van der Waals surface area contributed by atoms with E-state index < -0.39 is 11.8 Å². The molecule has 0 radical (unpaired) electrons. The van der Waals surface area contributed by atoms with Crippen molar-refractivity contribution < 1.29 is 9.59 Å². The molecule has 1 atom stereocenters. The maximum absolute atomic E-state index is 11.8. The molecule has 1 aromatic rings. The smallest absolute Gasteiger partial charge is 0.251 e. The Morgan fingerprint density at radius 1 is 1.56 bits per heavy atom. The van der Waals surface area contributed by atoms with E-state index in [2.05, 4.69) is 0 Å². The molecule has 1 aliphatic rings. The number of nitrogen functional groups attached to an aromatic ring is 1. The number of hydrogen-bond donors (Lipinski definition) is 2. The van der Waals surface area contributed by atoms with Crippen LogP contribution in [0.1, 0.15) is 32.0 Å². The zero-order valence-corrected chi connectivity index (χ0v) is 9.13. The van der Waals surface area contributed by atoms with Crippen molar-refractivity contribution in [1.29, 1.82) is 5.26 Å². The molecule has 2 rings (SSSR count). The number of rotatable bonds is 1. The molecule has 0 aromatic carbocycles. The van der Waals surface area contributed by atoms with Gasteiger partial charge in [-0.1, -0.05) is 0 Å². The number of anilines is 1. The Hall–Kier alpha value is -1.87. The van der Waals surface area contributed by atoms with Crippen molar-refractivity contribution in [1.82, 2.24) is 0 Å². The van der Waals surface area contributed by atoms with Crippen LogP contribution in [0.15, 0.2) is 0 Å². The molecule has 6 heteroatoms. The summed E-state index contributed by atoms with van der Waals surface area (Å²) in [6.07, 6.45) is 0.935. The van der Waals surface area contributed by atoms with Crippen LogP contribution in [0.25, 0.3) is 0 Å². The largest absolute Gasteiger partial charge is 0.390 e. The second-order valence-electron chi connectivity index (χ2n) is 3.60. The maximum atomic E-state index is 11.8. The molecule has 1 aromatic heterocycles. The van der Waals surface area contributed by atoms with Crippen molar-refractivity contribution in [2.24, 2.45) is 11.7 Å². The first kappa shape index (κ1) is 10.6. The normalized spacial score (nSPS) is 18.9. The zero-order valence-electron chi connectivity index (χ0n) is 8.32. The third kappa shape index (κ3) is 1.37. The predicted molar refractivity (Wildman–Crippen MR) is 59.0 cm³/mol. The van der Waals surface area contributed by atoms with Gasteiger partial charge in [-0.05, 0) is 18.4 Å². The number of fused-ring (bicyclic) bond motifs is 1. The number of nitrogens with two attached hydrogens (primary N) is 2. The van der Waals surface area contributed by atoms with Gasteiger partial charge in [-0.2, -0.15) is 5.26 Å². The quantitative estimate of drug-likeness (QED) is 0.746. The highest BCUT2D eigenvalue weighted by atomic mass is 32.1. The third-order valence-corrected chi connectivity index (χ3v) is 3.74. The fraction of sp³-hybridized carbons (Fsp3) is 0.300. The highest BCUT2D eigenvalue weighted by molar-refractivity contribution is 7.18. The first-order valence-electron chi connectivity index (χ1n) is 4.71. The minimum atomic E-state index is -0.619. The summed E-state index contributed by atoms with van der Waals surface area (Å²) >= 11 is 1.05. The van der Waals surface area contributed by atoms with Crippen LogP contribution in [-0.4, -0.2) is 11.7 Å². The molecule has 0 saturated carbocycles. The Balaban J connectivity index is 2.57. The van der Waals surface area contributed by atoms with Gasteiger partial charge >= 0.3 is 0 Å². The fourth-order valence-corrected chi connectivity index (χ4v) is 3.01. The highest BCUT2D eigenvalue weighted by Crippen LogP contribution is 2.37. The molecule has 1 aliphatic carbocycles. The molecule has 1 amide bonds. The molecule has 0 spiro atoms. The molecule has 4 N–H and O–H groups in total. The van der Waals surface area contributed by atoms with Crippen LogP contribution in [-0.2, 0) is 6.42 Å². The molecular formula is C10H9N3O2S. The van der Waals surface area contributed by atoms with Crippen LogP contribution in [0.2, 0.25) is 0 Å². The van der Waals surface area contributed by atoms with Gasteiger partial charge < -0.3 is 11.5 Å². The molecule has 16 heavy (non-hydrogen) atoms. The lowest BCUT2D eigenvalue weighted by molar-refractivity contribution is 0.0939. The van der Waals surface area contributed by atoms with Gasteiger partial charge in [0.05, 0.1) is 21.5 Å². The van der Waals surface area contributed by atoms with Crippen molar-refractivity contribution >= 4 is 28.0 Å². The van der Waals surface area contributed by atoms with Gasteiger partial charge in [-0.25, -0.2) is 0 Å². The summed E-state index contributed by atoms with van der Waals surface area (Å²) in [5, 5.41) is 9.05. The zero-order chi connectivity index (χ0) is 11.9. The lowest BCUT2D eigenvalue weighted by Crippen LogP contribution is -2.22. The summed E-state index contributed by atoms with van der Waals surface area (Å²) in [4.78, 5) is 23.4. The van der Waals surface area contributed by atoms with E-state index in [1.165, 1.54) is 0 Å². The van der Waals surface area contributed by atoms with Gasteiger partial charge in [-0.3, -0.25) is 9.59 Å². The summed E-state index contributed by atoms with van der Waals surface area (Å²) in [6, 6.07) is 1.95. The maximum Gasteiger partial charge on any atom is 0.251 e. The number of carbonyl (C=O) groups excluding carboxylic acids is 2. The Bertz CT molecular complexity index is 527. The van der Waals surface area contributed by atoms with Crippen LogP contribution in [0.5, 0.6) is 0 Å². The van der Waals surface area contributed by atoms with E-state index in [0.717, 1.165) is 11.3 Å². The number of hydrogen-bond acceptors (Lipinski definition) is 5. The van der Waals surface area contributed by atoms with Crippen molar-refractivity contribution in [3.05, 3.63) is 16.0 Å². The van der Waals surface area contributed by atoms with Crippen LogP contribution in [0.4, 0.5) is 5.00 Å². The monoisotopic (exact) mass is 235 g/mol. The summed E-state index contributed by atoms with van der Waals surface area (Å²) in [7, 11) is 0. The SMILES string of the molecule is N#CC1CCc2c(sc(N)c2C(N)=O)C1=O. The van der Waals surface area contributed by atoms with Crippen molar-refractivity contribution in [3.63, 3.8) is 0 Å². The van der Waals surface area contributed by atoms with Gasteiger partial charge in [0.15, 0.2) is 5.78 Å². The average molecular weight is 235 g/mol. The van der Waals surface area contributed by atoms with Crippen LogP contribution >= 0.6 is 11.3 Å². The van der Waals surface area contributed by atoms with E-state index in [1.807, 2.05) is 6.07 Å². The Kier molecular flexibility index (Phi) is 2.40. The predicted octanol–water partition coefficient (Wildman–Crippen LogP) is 0.698. The number of primary amides is 1. The van der Waals surface area contributed by atoms with Crippen molar-refractivity contribution in [2.75, 3.05) is 5.73 Å². The number of nitriles is 1. The molecule has 1 heterocycles. The number of ketones is 1. The second-order valence-corrected chi connectivity index (χ2v) is 4.65. The van der Waals surface area contributed by atoms with E-state index in [9.17, 15) is 9.59 Å². The van der Waals surface area contributed by atoms with Gasteiger partial charge in [0.25, 0.3) is 5.91 Å². The number of amides is 1. The van der Waals surface area contributed by atoms with Crippen molar-refractivity contribution in [2.45, 2.75) is 12.8 Å². The van der Waals surface area contributed by atoms with Gasteiger partial charge in [0.1, 0.15) is 5.92 Å². The fourth-order valence-electron chi connectivity index (χ4n) is 1.89. The standard InChI is InChI=1S/C10H9N3O2S/c11-3-4-1-2-5-6(9(12)15)10(13)16-8(5)7(4)14/h4H,1-2,13H2,(H2,12,15). The van der Waals surface area contributed by atoms with Crippen molar-refractivity contribution in [3.8, 4) is 6.07 Å². The van der Waals surface area contributed by atoms with Crippen LogP contribution in [0.3, 0.4) is 0 Å². The summed E-state index contributed by atoms with van der Waals surface area (Å²) in [5.74, 6) is -1.47. The first-order chi connectivity index (χ1) is 7.56. The van der Waals surface area contributed by atoms with E-state index in [-0.39, 0.29) is 16.3 Å². The Morgan fingerprint density at radius 3 is 2.81 bits per heavy atom. The van der Waals surface area contributed by atoms with E-state index >= 15 is 0 Å².